The van der Waals surface area contributed by atoms with Gasteiger partial charge in [-0.15, -0.1) is 0 Å². The highest BCUT2D eigenvalue weighted by Crippen LogP contribution is 2.33. The molecule has 0 unspecified atom stereocenters. The second kappa shape index (κ2) is 12.1. The zero-order valence-electron chi connectivity index (χ0n) is 18.2. The lowest BCUT2D eigenvalue weighted by Crippen LogP contribution is -2.43. The molecule has 0 saturated carbocycles. The molecule has 1 atom stereocenters. The Morgan fingerprint density at radius 1 is 1.27 bits per heavy atom. The highest BCUT2D eigenvalue weighted by Gasteiger charge is 2.47. The van der Waals surface area contributed by atoms with E-state index in [1.807, 2.05) is 44.2 Å². The molecule has 2 heterocycles. The summed E-state index contributed by atoms with van der Waals surface area (Å²) in [6, 6.07) is 9.68. The Balaban J connectivity index is 0.00000155. The third kappa shape index (κ3) is 6.17. The number of nitrogens with zero attached hydrogens (tertiary/aromatic N) is 1. The molecule has 1 aromatic carbocycles. The molecule has 3 rings (SSSR count). The van der Waals surface area contributed by atoms with Crippen molar-refractivity contribution in [3.63, 3.8) is 0 Å². The van der Waals surface area contributed by atoms with Crippen LogP contribution < -0.4 is 5.32 Å². The van der Waals surface area contributed by atoms with Crippen molar-refractivity contribution in [2.24, 2.45) is 10.9 Å². The monoisotopic (exact) mass is 410 g/mol. The molecule has 1 N–H and O–H groups in total. The number of benzene rings is 1. The average molecular weight is 411 g/mol. The van der Waals surface area contributed by atoms with E-state index in [2.05, 4.69) is 18.5 Å². The first kappa shape index (κ1) is 23.6. The van der Waals surface area contributed by atoms with E-state index in [4.69, 9.17) is 14.5 Å². The van der Waals surface area contributed by atoms with E-state index in [1.54, 1.807) is 18.2 Å². The first-order valence-corrected chi connectivity index (χ1v) is 10.8. The van der Waals surface area contributed by atoms with Crippen molar-refractivity contribution in [1.29, 1.82) is 0 Å². The molecule has 0 aromatic heterocycles. The van der Waals surface area contributed by atoms with Gasteiger partial charge >= 0.3 is 5.97 Å². The Kier molecular flexibility index (Phi) is 9.55. The molecular formula is C25H34N2O3. The van der Waals surface area contributed by atoms with Crippen LogP contribution in [0.15, 0.2) is 72.3 Å². The Hall–Kier alpha value is -2.66. The zero-order chi connectivity index (χ0) is 21.8. The van der Waals surface area contributed by atoms with Crippen molar-refractivity contribution in [2.45, 2.75) is 45.3 Å². The fraction of sp³-hybridized carbons (Fsp3) is 0.440. The van der Waals surface area contributed by atoms with E-state index in [1.165, 1.54) is 0 Å². The Labute approximate surface area is 180 Å². The molecule has 1 saturated heterocycles. The number of allylic oxidation sites excluding steroid dienone is 2. The van der Waals surface area contributed by atoms with Crippen LogP contribution in [0.1, 0.15) is 38.7 Å². The largest absolute Gasteiger partial charge is 0.474 e. The fourth-order valence-electron chi connectivity index (χ4n) is 3.66. The number of esters is 1. The predicted molar refractivity (Wildman–Crippen MR) is 122 cm³/mol. The SMILES string of the molecule is C=C/C=C(\C=C)C1=N[C@@](CC2CCNCC2)(C(=O)OCc2ccccc2)CO1.CC. The number of nitrogens with one attached hydrogen (secondary N) is 1. The molecule has 2 aliphatic rings. The van der Waals surface area contributed by atoms with Crippen LogP contribution in [0.2, 0.25) is 0 Å². The van der Waals surface area contributed by atoms with Crippen molar-refractivity contribution in [2.75, 3.05) is 19.7 Å². The van der Waals surface area contributed by atoms with Crippen LogP contribution in [-0.4, -0.2) is 37.1 Å². The molecule has 0 spiro atoms. The first-order valence-electron chi connectivity index (χ1n) is 10.8. The molecule has 30 heavy (non-hydrogen) atoms. The highest BCUT2D eigenvalue weighted by molar-refractivity contribution is 6.00. The zero-order valence-corrected chi connectivity index (χ0v) is 18.2. The van der Waals surface area contributed by atoms with E-state index in [9.17, 15) is 4.79 Å². The summed E-state index contributed by atoms with van der Waals surface area (Å²) in [5.41, 5.74) is 0.669. The van der Waals surface area contributed by atoms with Crippen LogP contribution in [0, 0.1) is 5.92 Å². The van der Waals surface area contributed by atoms with Crippen LogP contribution in [0.3, 0.4) is 0 Å². The Morgan fingerprint density at radius 3 is 2.60 bits per heavy atom. The van der Waals surface area contributed by atoms with Crippen LogP contribution in [0.5, 0.6) is 0 Å². The second-order valence-corrected chi connectivity index (χ2v) is 7.26. The summed E-state index contributed by atoms with van der Waals surface area (Å²) in [5, 5.41) is 3.36. The van der Waals surface area contributed by atoms with Gasteiger partial charge in [-0.2, -0.15) is 0 Å². The minimum Gasteiger partial charge on any atom is -0.474 e. The third-order valence-corrected chi connectivity index (χ3v) is 5.21. The molecular weight excluding hydrogens is 376 g/mol. The van der Waals surface area contributed by atoms with Gasteiger partial charge in [-0.1, -0.05) is 75.6 Å². The molecule has 0 radical (unpaired) electrons. The quantitative estimate of drug-likeness (QED) is 0.502. The number of carbonyl (C=O) groups is 1. The van der Waals surface area contributed by atoms with Gasteiger partial charge in [0.1, 0.15) is 13.2 Å². The topological polar surface area (TPSA) is 59.9 Å². The summed E-state index contributed by atoms with van der Waals surface area (Å²) in [5.74, 6) is 0.514. The molecule has 5 nitrogen and oxygen atoms in total. The lowest BCUT2D eigenvalue weighted by Gasteiger charge is -2.29. The smallest absolute Gasteiger partial charge is 0.338 e. The fourth-order valence-corrected chi connectivity index (χ4v) is 3.66. The second-order valence-electron chi connectivity index (χ2n) is 7.26. The summed E-state index contributed by atoms with van der Waals surface area (Å²) in [6.45, 7) is 13.9. The standard InChI is InChI=1S/C23H28N2O3.C2H6/c1-3-8-20(4-2)21-25-23(17-28-21,15-18-11-13-24-14-12-18)22(26)27-16-19-9-6-5-7-10-19;1-2/h3-10,18,24H,1-2,11-17H2;1-2H3/b20-8+;/t23-;/m1./s1. The molecule has 5 heteroatoms. The molecule has 0 bridgehead atoms. The average Bonchev–Trinajstić information content (AvgIpc) is 3.23. The lowest BCUT2D eigenvalue weighted by atomic mass is 9.83. The van der Waals surface area contributed by atoms with Crippen LogP contribution in [0.4, 0.5) is 0 Å². The Bertz CT molecular complexity index is 764. The number of hydrogen-bond acceptors (Lipinski definition) is 5. The summed E-state index contributed by atoms with van der Waals surface area (Å²) < 4.78 is 11.5. The van der Waals surface area contributed by atoms with Crippen LogP contribution >= 0.6 is 0 Å². The molecule has 1 aromatic rings. The predicted octanol–water partition coefficient (Wildman–Crippen LogP) is 4.61. The number of ether oxygens (including phenoxy) is 2. The summed E-state index contributed by atoms with van der Waals surface area (Å²) in [4.78, 5) is 17.9. The van der Waals surface area contributed by atoms with E-state index in [0.29, 0.717) is 18.2 Å². The minimum absolute atomic E-state index is 0.197. The van der Waals surface area contributed by atoms with Gasteiger partial charge in [0.2, 0.25) is 5.90 Å². The summed E-state index contributed by atoms with van der Waals surface area (Å²) in [7, 11) is 0. The van der Waals surface area contributed by atoms with E-state index in [0.717, 1.165) is 37.1 Å². The van der Waals surface area contributed by atoms with Crippen LogP contribution in [0.25, 0.3) is 0 Å². The van der Waals surface area contributed by atoms with Gasteiger partial charge in [0, 0.05) is 5.57 Å². The van der Waals surface area contributed by atoms with Gasteiger partial charge in [0.25, 0.3) is 0 Å². The van der Waals surface area contributed by atoms with E-state index < -0.39 is 5.54 Å². The number of hydrogen-bond donors (Lipinski definition) is 1. The number of aliphatic imine (C=N–C) groups is 1. The normalized spacial score (nSPS) is 21.5. The van der Waals surface area contributed by atoms with Gasteiger partial charge in [-0.05, 0) is 43.8 Å². The first-order chi connectivity index (χ1) is 14.7. The minimum atomic E-state index is -1.00. The van der Waals surface area contributed by atoms with Crippen molar-refractivity contribution < 1.29 is 14.3 Å². The molecule has 0 amide bonds. The maximum atomic E-state index is 13.1. The molecule has 2 aliphatic heterocycles. The van der Waals surface area contributed by atoms with Gasteiger partial charge in [-0.3, -0.25) is 0 Å². The lowest BCUT2D eigenvalue weighted by molar-refractivity contribution is -0.152. The van der Waals surface area contributed by atoms with Crippen molar-refractivity contribution in [3.8, 4) is 0 Å². The maximum absolute atomic E-state index is 13.1. The summed E-state index contributed by atoms with van der Waals surface area (Å²) in [6.07, 6.45) is 7.77. The number of rotatable bonds is 8. The molecule has 162 valence electrons. The van der Waals surface area contributed by atoms with Gasteiger partial charge in [0.05, 0.1) is 0 Å². The van der Waals surface area contributed by atoms with Crippen molar-refractivity contribution in [1.82, 2.24) is 5.32 Å². The van der Waals surface area contributed by atoms with Crippen molar-refractivity contribution in [3.05, 3.63) is 72.9 Å². The molecule has 1 fully saturated rings. The number of carbonyl (C=O) groups excluding carboxylic acids is 1. The van der Waals surface area contributed by atoms with Crippen molar-refractivity contribution >= 4 is 11.9 Å². The van der Waals surface area contributed by atoms with Gasteiger partial charge in [0.15, 0.2) is 5.54 Å². The Morgan fingerprint density at radius 2 is 1.97 bits per heavy atom. The molecule has 0 aliphatic carbocycles. The van der Waals surface area contributed by atoms with Crippen LogP contribution in [-0.2, 0) is 20.9 Å². The summed E-state index contributed by atoms with van der Waals surface area (Å²) >= 11 is 0. The maximum Gasteiger partial charge on any atom is 0.338 e. The van der Waals surface area contributed by atoms with Gasteiger partial charge < -0.3 is 14.8 Å². The van der Waals surface area contributed by atoms with E-state index >= 15 is 0 Å². The third-order valence-electron chi connectivity index (χ3n) is 5.21. The van der Waals surface area contributed by atoms with Gasteiger partial charge in [-0.25, -0.2) is 9.79 Å². The van der Waals surface area contributed by atoms with E-state index in [-0.39, 0.29) is 19.2 Å². The highest BCUT2D eigenvalue weighted by atomic mass is 16.5. The number of piperidine rings is 1.